The summed E-state index contributed by atoms with van der Waals surface area (Å²) in [4.78, 5) is 11.1. The number of hydrogen-bond acceptors (Lipinski definition) is 4. The van der Waals surface area contributed by atoms with E-state index in [9.17, 15) is 17.6 Å². The number of ether oxygens (including phenoxy) is 1. The van der Waals surface area contributed by atoms with Gasteiger partial charge < -0.3 is 4.74 Å². The highest BCUT2D eigenvalue weighted by molar-refractivity contribution is 7.91. The lowest BCUT2D eigenvalue weighted by Crippen LogP contribution is -2.23. The molecule has 1 aromatic carbocycles. The molecule has 0 spiro atoms. The summed E-state index contributed by atoms with van der Waals surface area (Å²) in [6.07, 6.45) is -0.225. The highest BCUT2D eigenvalue weighted by atomic mass is 35.5. The molecule has 1 aromatic rings. The number of sulfone groups is 1. The van der Waals surface area contributed by atoms with Gasteiger partial charge in [0.15, 0.2) is 9.84 Å². The number of carbonyl (C=O) groups is 1. The van der Waals surface area contributed by atoms with E-state index in [4.69, 9.17) is 11.6 Å². The van der Waals surface area contributed by atoms with Crippen LogP contribution < -0.4 is 0 Å². The number of rotatable bonds is 5. The molecule has 0 bridgehead atoms. The molecule has 0 amide bonds. The molecule has 0 saturated carbocycles. The standard InChI is InChI=1S/C12H14ClFO4S/c1-8(5-12(15)18-2)19(16,17)7-9-3-4-10(14)6-11(9)13/h3-4,6,8H,5,7H2,1-2H3. The van der Waals surface area contributed by atoms with Crippen LogP contribution in [0.1, 0.15) is 18.9 Å². The lowest BCUT2D eigenvalue weighted by molar-refractivity contribution is -0.140. The van der Waals surface area contributed by atoms with Gasteiger partial charge in [0.2, 0.25) is 0 Å². The largest absolute Gasteiger partial charge is 0.469 e. The third kappa shape index (κ3) is 4.47. The van der Waals surface area contributed by atoms with Gasteiger partial charge in [0.25, 0.3) is 0 Å². The summed E-state index contributed by atoms with van der Waals surface area (Å²) in [5, 5.41) is -0.838. The van der Waals surface area contributed by atoms with Crippen molar-refractivity contribution >= 4 is 27.4 Å². The van der Waals surface area contributed by atoms with E-state index in [1.165, 1.54) is 20.1 Å². The second-order valence-electron chi connectivity index (χ2n) is 4.13. The zero-order valence-corrected chi connectivity index (χ0v) is 12.1. The molecule has 4 nitrogen and oxygen atoms in total. The van der Waals surface area contributed by atoms with Crippen molar-refractivity contribution in [2.24, 2.45) is 0 Å². The lowest BCUT2D eigenvalue weighted by atomic mass is 10.2. The molecule has 0 aliphatic heterocycles. The Bertz CT molecular complexity index is 571. The first kappa shape index (κ1) is 15.9. The Morgan fingerprint density at radius 2 is 2.11 bits per heavy atom. The molecule has 0 aliphatic carbocycles. The molecule has 7 heteroatoms. The van der Waals surface area contributed by atoms with Crippen molar-refractivity contribution in [1.29, 1.82) is 0 Å². The molecule has 0 aliphatic rings. The van der Waals surface area contributed by atoms with E-state index >= 15 is 0 Å². The van der Waals surface area contributed by atoms with E-state index in [2.05, 4.69) is 4.74 Å². The van der Waals surface area contributed by atoms with Gasteiger partial charge in [-0.05, 0) is 24.6 Å². The van der Waals surface area contributed by atoms with Gasteiger partial charge in [-0.2, -0.15) is 0 Å². The summed E-state index contributed by atoms with van der Waals surface area (Å²) in [5.74, 6) is -1.47. The van der Waals surface area contributed by atoms with E-state index in [1.807, 2.05) is 0 Å². The van der Waals surface area contributed by atoms with Crippen molar-refractivity contribution in [1.82, 2.24) is 0 Å². The van der Waals surface area contributed by atoms with Gasteiger partial charge in [-0.15, -0.1) is 0 Å². The zero-order chi connectivity index (χ0) is 14.6. The van der Waals surface area contributed by atoms with Crippen molar-refractivity contribution in [3.8, 4) is 0 Å². The van der Waals surface area contributed by atoms with Gasteiger partial charge in [0.05, 0.1) is 24.5 Å². The molecule has 1 atom stereocenters. The Hall–Kier alpha value is -1.14. The minimum Gasteiger partial charge on any atom is -0.469 e. The monoisotopic (exact) mass is 308 g/mol. The van der Waals surface area contributed by atoms with Gasteiger partial charge in [-0.25, -0.2) is 12.8 Å². The number of methoxy groups -OCH3 is 1. The quantitative estimate of drug-likeness (QED) is 0.783. The minimum atomic E-state index is -3.56. The molecule has 1 unspecified atom stereocenters. The molecule has 0 aromatic heterocycles. The topological polar surface area (TPSA) is 60.4 Å². The average Bonchev–Trinajstić information content (AvgIpc) is 2.32. The minimum absolute atomic E-state index is 0.0499. The first-order valence-electron chi connectivity index (χ1n) is 5.48. The summed E-state index contributed by atoms with van der Waals surface area (Å²) in [5.41, 5.74) is 0.305. The smallest absolute Gasteiger partial charge is 0.306 e. The van der Waals surface area contributed by atoms with Crippen LogP contribution in [0.4, 0.5) is 4.39 Å². The molecule has 0 radical (unpaired) electrons. The summed E-state index contributed by atoms with van der Waals surface area (Å²) < 4.78 is 41.3. The first-order chi connectivity index (χ1) is 8.76. The Balaban J connectivity index is 2.87. The number of halogens is 2. The van der Waals surface area contributed by atoms with Crippen molar-refractivity contribution in [3.63, 3.8) is 0 Å². The van der Waals surface area contributed by atoms with Crippen LogP contribution in [0.5, 0.6) is 0 Å². The van der Waals surface area contributed by atoms with E-state index in [1.54, 1.807) is 0 Å². The fourth-order valence-electron chi connectivity index (χ4n) is 1.44. The fraction of sp³-hybridized carbons (Fsp3) is 0.417. The van der Waals surface area contributed by atoms with Crippen molar-refractivity contribution in [2.45, 2.75) is 24.3 Å². The number of esters is 1. The zero-order valence-electron chi connectivity index (χ0n) is 10.5. The van der Waals surface area contributed by atoms with E-state index in [0.29, 0.717) is 5.56 Å². The van der Waals surface area contributed by atoms with Crippen LogP contribution in [0.25, 0.3) is 0 Å². The second kappa shape index (κ2) is 6.34. The third-order valence-electron chi connectivity index (χ3n) is 2.67. The summed E-state index contributed by atoms with van der Waals surface area (Å²) in [6.45, 7) is 1.42. The summed E-state index contributed by atoms with van der Waals surface area (Å²) in [6, 6.07) is 3.51. The van der Waals surface area contributed by atoms with Crippen LogP contribution >= 0.6 is 11.6 Å². The summed E-state index contributed by atoms with van der Waals surface area (Å²) >= 11 is 5.78. The second-order valence-corrected chi connectivity index (χ2v) is 6.96. The van der Waals surface area contributed by atoms with Crippen molar-refractivity contribution in [3.05, 3.63) is 34.6 Å². The van der Waals surface area contributed by atoms with Crippen LogP contribution in [0.2, 0.25) is 5.02 Å². The molecule has 0 heterocycles. The highest BCUT2D eigenvalue weighted by Gasteiger charge is 2.25. The van der Waals surface area contributed by atoms with E-state index < -0.39 is 26.9 Å². The molecule has 0 N–H and O–H groups in total. The van der Waals surface area contributed by atoms with Gasteiger partial charge in [0, 0.05) is 5.02 Å². The lowest BCUT2D eigenvalue weighted by Gasteiger charge is -2.12. The Morgan fingerprint density at radius 3 is 2.63 bits per heavy atom. The maximum Gasteiger partial charge on any atom is 0.306 e. The Kier molecular flexibility index (Phi) is 5.31. The highest BCUT2D eigenvalue weighted by Crippen LogP contribution is 2.22. The maximum atomic E-state index is 12.9. The van der Waals surface area contributed by atoms with Gasteiger partial charge in [-0.1, -0.05) is 17.7 Å². The Labute approximate surface area is 116 Å². The van der Waals surface area contributed by atoms with Crippen LogP contribution in [0.15, 0.2) is 18.2 Å². The SMILES string of the molecule is COC(=O)CC(C)S(=O)(=O)Cc1ccc(F)cc1Cl. The molecule has 19 heavy (non-hydrogen) atoms. The van der Waals surface area contributed by atoms with Crippen LogP contribution in [-0.2, 0) is 25.1 Å². The van der Waals surface area contributed by atoms with Crippen LogP contribution in [0, 0.1) is 5.82 Å². The molecular formula is C12H14ClFO4S. The molecule has 106 valence electrons. The van der Waals surface area contributed by atoms with Gasteiger partial charge in [-0.3, -0.25) is 4.79 Å². The Morgan fingerprint density at radius 1 is 1.47 bits per heavy atom. The predicted molar refractivity (Wildman–Crippen MR) is 70.1 cm³/mol. The number of benzene rings is 1. The fourth-order valence-corrected chi connectivity index (χ4v) is 3.12. The van der Waals surface area contributed by atoms with E-state index in [-0.39, 0.29) is 17.2 Å². The van der Waals surface area contributed by atoms with Crippen LogP contribution in [-0.4, -0.2) is 26.7 Å². The molecule has 0 saturated heterocycles. The average molecular weight is 309 g/mol. The molecule has 1 rings (SSSR count). The third-order valence-corrected chi connectivity index (χ3v) is 5.12. The number of hydrogen-bond donors (Lipinski definition) is 0. The first-order valence-corrected chi connectivity index (χ1v) is 7.58. The maximum absolute atomic E-state index is 12.9. The number of carbonyl (C=O) groups excluding carboxylic acids is 1. The molecule has 0 fully saturated rings. The van der Waals surface area contributed by atoms with Crippen molar-refractivity contribution < 1.29 is 22.3 Å². The normalized spacial score (nSPS) is 13.1. The predicted octanol–water partition coefficient (Wildman–Crippen LogP) is 2.35. The molecular weight excluding hydrogens is 295 g/mol. The van der Waals surface area contributed by atoms with Crippen molar-refractivity contribution in [2.75, 3.05) is 7.11 Å². The van der Waals surface area contributed by atoms with Gasteiger partial charge in [0.1, 0.15) is 5.82 Å². The van der Waals surface area contributed by atoms with Gasteiger partial charge >= 0.3 is 5.97 Å². The summed E-state index contributed by atoms with van der Waals surface area (Å²) in [7, 11) is -2.37. The van der Waals surface area contributed by atoms with E-state index in [0.717, 1.165) is 12.1 Å². The van der Waals surface area contributed by atoms with Crippen LogP contribution in [0.3, 0.4) is 0 Å².